The van der Waals surface area contributed by atoms with Crippen LogP contribution in [0.1, 0.15) is 33.6 Å². The minimum absolute atomic E-state index is 0. The van der Waals surface area contributed by atoms with Gasteiger partial charge in [0.2, 0.25) is 15.9 Å². The molecule has 1 atom stereocenters. The summed E-state index contributed by atoms with van der Waals surface area (Å²) in [6.45, 7) is 6.28. The molecule has 1 aliphatic rings. The molecule has 1 aromatic carbocycles. The number of nitrogens with one attached hydrogen (secondary N) is 2. The lowest BCUT2D eigenvalue weighted by Crippen LogP contribution is -2.55. The zero-order valence-electron chi connectivity index (χ0n) is 16.5. The molecule has 160 valence electrons. The molecule has 0 aliphatic heterocycles. The molecule has 0 bridgehead atoms. The quantitative estimate of drug-likeness (QED) is 0.483. The fourth-order valence-corrected chi connectivity index (χ4v) is 3.84. The van der Waals surface area contributed by atoms with Crippen LogP contribution in [0.25, 0.3) is 0 Å². The van der Waals surface area contributed by atoms with Crippen LogP contribution in [0.4, 0.5) is 0 Å². The summed E-state index contributed by atoms with van der Waals surface area (Å²) in [5.41, 5.74) is 5.28. The van der Waals surface area contributed by atoms with Crippen LogP contribution >= 0.6 is 12.4 Å². The van der Waals surface area contributed by atoms with Crippen molar-refractivity contribution in [3.63, 3.8) is 0 Å². The molecule has 4 N–H and O–H groups in total. The van der Waals surface area contributed by atoms with Crippen LogP contribution in [-0.2, 0) is 14.8 Å². The summed E-state index contributed by atoms with van der Waals surface area (Å²) in [7, 11) is -3.87. The Morgan fingerprint density at radius 1 is 1.21 bits per heavy atom. The Balaban J connectivity index is 0.00000392. The van der Waals surface area contributed by atoms with Gasteiger partial charge in [0.1, 0.15) is 0 Å². The monoisotopic (exact) mass is 435 g/mol. The average molecular weight is 436 g/mol. The van der Waals surface area contributed by atoms with Crippen LogP contribution in [0.15, 0.2) is 23.1 Å². The molecule has 0 saturated heterocycles. The lowest BCUT2D eigenvalue weighted by atomic mass is 9.96. The summed E-state index contributed by atoms with van der Waals surface area (Å²) >= 11 is 0. The third kappa shape index (κ3) is 6.23. The van der Waals surface area contributed by atoms with E-state index in [0.29, 0.717) is 37.2 Å². The van der Waals surface area contributed by atoms with Gasteiger partial charge in [0.25, 0.3) is 0 Å². The lowest BCUT2D eigenvalue weighted by molar-refractivity contribution is -0.121. The highest BCUT2D eigenvalue weighted by atomic mass is 35.5. The van der Waals surface area contributed by atoms with Gasteiger partial charge in [0, 0.05) is 12.6 Å². The molecular weight excluding hydrogens is 406 g/mol. The van der Waals surface area contributed by atoms with Gasteiger partial charge in [-0.05, 0) is 51.7 Å². The lowest BCUT2D eigenvalue weighted by Gasteiger charge is -2.29. The first-order valence-electron chi connectivity index (χ1n) is 9.16. The maximum atomic E-state index is 12.5. The maximum Gasteiger partial charge on any atom is 0.241 e. The van der Waals surface area contributed by atoms with Crippen molar-refractivity contribution in [2.45, 2.75) is 44.0 Å². The van der Waals surface area contributed by atoms with Gasteiger partial charge in [-0.1, -0.05) is 0 Å². The predicted molar refractivity (Wildman–Crippen MR) is 110 cm³/mol. The van der Waals surface area contributed by atoms with Gasteiger partial charge in [-0.2, -0.15) is 0 Å². The fraction of sp³-hybridized carbons (Fsp3) is 0.611. The normalized spacial score (nSPS) is 15.9. The van der Waals surface area contributed by atoms with Crippen molar-refractivity contribution in [2.24, 2.45) is 11.7 Å². The first-order chi connectivity index (χ1) is 12.8. The molecule has 0 aromatic heterocycles. The number of nitrogens with two attached hydrogens (primary N) is 1. The second-order valence-electron chi connectivity index (χ2n) is 6.74. The van der Waals surface area contributed by atoms with E-state index in [1.165, 1.54) is 12.1 Å². The highest BCUT2D eigenvalue weighted by Gasteiger charge is 2.41. The van der Waals surface area contributed by atoms with Crippen LogP contribution in [0.3, 0.4) is 0 Å². The number of sulfonamides is 1. The maximum absolute atomic E-state index is 12.5. The average Bonchev–Trinajstić information content (AvgIpc) is 3.47. The van der Waals surface area contributed by atoms with Gasteiger partial charge in [-0.15, -0.1) is 12.4 Å². The van der Waals surface area contributed by atoms with Gasteiger partial charge < -0.3 is 20.5 Å². The molecule has 1 aliphatic carbocycles. The molecular formula is C18H30ClN3O5S. The number of hydrogen-bond donors (Lipinski definition) is 3. The standard InChI is InChI=1S/C18H29N3O5S.ClH/c1-4-25-15-9-8-14(10-16(15)26-5-2)27(23,24)20-11-17(22)21-18(3,12-19)13-6-7-13;/h8-10,13,20H,4-7,11-12,19H2,1-3H3,(H,21,22);1H. The largest absolute Gasteiger partial charge is 0.490 e. The van der Waals surface area contributed by atoms with E-state index in [1.807, 2.05) is 13.8 Å². The molecule has 1 amide bonds. The van der Waals surface area contributed by atoms with Crippen LogP contribution in [0, 0.1) is 5.92 Å². The van der Waals surface area contributed by atoms with Crippen molar-refractivity contribution in [3.8, 4) is 11.5 Å². The summed E-state index contributed by atoms with van der Waals surface area (Å²) in [6.07, 6.45) is 2.04. The number of carbonyl (C=O) groups is 1. The topological polar surface area (TPSA) is 120 Å². The molecule has 1 saturated carbocycles. The third-order valence-electron chi connectivity index (χ3n) is 4.58. The van der Waals surface area contributed by atoms with E-state index in [9.17, 15) is 13.2 Å². The number of benzene rings is 1. The number of rotatable bonds is 11. The van der Waals surface area contributed by atoms with Crippen LogP contribution in [0.5, 0.6) is 11.5 Å². The van der Waals surface area contributed by atoms with Crippen LogP contribution in [-0.4, -0.2) is 46.2 Å². The molecule has 2 rings (SSSR count). The SMILES string of the molecule is CCOc1ccc(S(=O)(=O)NCC(=O)NC(C)(CN)C2CC2)cc1OCC.Cl. The molecule has 10 heteroatoms. The fourth-order valence-electron chi connectivity index (χ4n) is 2.85. The minimum atomic E-state index is -3.87. The van der Waals surface area contributed by atoms with Crippen LogP contribution in [0.2, 0.25) is 0 Å². The highest BCUT2D eigenvalue weighted by molar-refractivity contribution is 7.89. The molecule has 0 heterocycles. The van der Waals surface area contributed by atoms with E-state index in [0.717, 1.165) is 12.8 Å². The molecule has 1 unspecified atom stereocenters. The smallest absolute Gasteiger partial charge is 0.241 e. The molecule has 1 fully saturated rings. The second kappa shape index (κ2) is 10.3. The Labute approximate surface area is 173 Å². The first kappa shape index (κ1) is 24.5. The van der Waals surface area contributed by atoms with Gasteiger partial charge in [-0.3, -0.25) is 4.79 Å². The van der Waals surface area contributed by atoms with Gasteiger partial charge >= 0.3 is 0 Å². The molecule has 1 aromatic rings. The van der Waals surface area contributed by atoms with Crippen molar-refractivity contribution < 1.29 is 22.7 Å². The Hall–Kier alpha value is -1.55. The van der Waals surface area contributed by atoms with E-state index in [1.54, 1.807) is 13.0 Å². The summed E-state index contributed by atoms with van der Waals surface area (Å²) in [5, 5.41) is 2.85. The number of amides is 1. The minimum Gasteiger partial charge on any atom is -0.490 e. The Morgan fingerprint density at radius 2 is 1.82 bits per heavy atom. The number of hydrogen-bond acceptors (Lipinski definition) is 6. The highest BCUT2D eigenvalue weighted by Crippen LogP contribution is 2.38. The molecule has 0 radical (unpaired) electrons. The Morgan fingerprint density at radius 3 is 2.36 bits per heavy atom. The zero-order chi connectivity index (χ0) is 20.1. The van der Waals surface area contributed by atoms with Gasteiger partial charge in [-0.25, -0.2) is 13.1 Å². The predicted octanol–water partition coefficient (Wildman–Crippen LogP) is 1.43. The molecule has 0 spiro atoms. The third-order valence-corrected chi connectivity index (χ3v) is 5.97. The summed E-state index contributed by atoms with van der Waals surface area (Å²) < 4.78 is 38.3. The first-order valence-corrected chi connectivity index (χ1v) is 10.6. The number of ether oxygens (including phenoxy) is 2. The van der Waals surface area contributed by atoms with E-state index < -0.39 is 21.5 Å². The van der Waals surface area contributed by atoms with E-state index in [4.69, 9.17) is 15.2 Å². The summed E-state index contributed by atoms with van der Waals surface area (Å²) in [6, 6.07) is 4.35. The van der Waals surface area contributed by atoms with E-state index in [2.05, 4.69) is 10.0 Å². The van der Waals surface area contributed by atoms with Crippen molar-refractivity contribution >= 4 is 28.3 Å². The summed E-state index contributed by atoms with van der Waals surface area (Å²) in [4.78, 5) is 12.2. The Kier molecular flexibility index (Phi) is 9.00. The van der Waals surface area contributed by atoms with Crippen LogP contribution < -0.4 is 25.2 Å². The number of halogens is 1. The number of carbonyl (C=O) groups excluding carboxylic acids is 1. The molecule has 8 nitrogen and oxygen atoms in total. The zero-order valence-corrected chi connectivity index (χ0v) is 18.1. The second-order valence-corrected chi connectivity index (χ2v) is 8.51. The summed E-state index contributed by atoms with van der Waals surface area (Å²) in [5.74, 6) is 0.757. The Bertz CT molecular complexity index is 770. The van der Waals surface area contributed by atoms with Crippen molar-refractivity contribution in [2.75, 3.05) is 26.3 Å². The molecule has 28 heavy (non-hydrogen) atoms. The van der Waals surface area contributed by atoms with Crippen molar-refractivity contribution in [3.05, 3.63) is 18.2 Å². The van der Waals surface area contributed by atoms with E-state index in [-0.39, 0.29) is 23.8 Å². The van der Waals surface area contributed by atoms with E-state index >= 15 is 0 Å². The van der Waals surface area contributed by atoms with Crippen molar-refractivity contribution in [1.82, 2.24) is 10.0 Å². The van der Waals surface area contributed by atoms with Gasteiger partial charge in [0.05, 0.1) is 30.2 Å². The van der Waals surface area contributed by atoms with Crippen molar-refractivity contribution in [1.29, 1.82) is 0 Å². The van der Waals surface area contributed by atoms with Gasteiger partial charge in [0.15, 0.2) is 11.5 Å².